The van der Waals surface area contributed by atoms with Crippen LogP contribution in [0, 0.1) is 0 Å². The van der Waals surface area contributed by atoms with E-state index < -0.39 is 0 Å². The Morgan fingerprint density at radius 1 is 0.656 bits per heavy atom. The van der Waals surface area contributed by atoms with Crippen LogP contribution in [-0.4, -0.2) is 54.0 Å². The Morgan fingerprint density at radius 2 is 1.03 bits per heavy atom. The Hall–Kier alpha value is -0.420. The first-order valence-corrected chi connectivity index (χ1v) is 13.4. The molecule has 0 bridgehead atoms. The first kappa shape index (κ1) is 33.8. The number of nitrogens with zero attached hydrogens (tertiary/aromatic N) is 1. The standard InChI is InChI=1S/C27H54NO3.ClH/c1-3-4-5-6-7-8-9-10-11-12-13-14-15-16-17-18-19-20-21-22-27(31)28(2,23-25-29)24-26-30;/h10-11,29-30H,3-9,12-26H2,1-2H3;1H/q+1;/p-1. The molecule has 2 N–H and O–H groups in total. The summed E-state index contributed by atoms with van der Waals surface area (Å²) in [6.45, 7) is 3.03. The van der Waals surface area contributed by atoms with Gasteiger partial charge in [-0.25, -0.2) is 4.79 Å². The molecule has 0 spiro atoms. The zero-order valence-corrected chi connectivity index (χ0v) is 22.1. The molecule has 0 fully saturated rings. The fourth-order valence-electron chi connectivity index (χ4n) is 4.13. The van der Waals surface area contributed by atoms with Gasteiger partial charge in [-0.15, -0.1) is 0 Å². The van der Waals surface area contributed by atoms with Crippen molar-refractivity contribution in [3.63, 3.8) is 0 Å². The van der Waals surface area contributed by atoms with Crippen LogP contribution in [0.25, 0.3) is 0 Å². The number of allylic oxidation sites excluding steroid dienone is 2. The minimum atomic E-state index is -0.0161. The van der Waals surface area contributed by atoms with E-state index in [4.69, 9.17) is 10.2 Å². The van der Waals surface area contributed by atoms with E-state index in [0.717, 1.165) is 12.8 Å². The number of hydrogen-bond donors (Lipinski definition) is 2. The number of amides is 1. The lowest BCUT2D eigenvalue weighted by molar-refractivity contribution is -0.835. The predicted octanol–water partition coefficient (Wildman–Crippen LogP) is 3.55. The maximum atomic E-state index is 12.4. The first-order chi connectivity index (χ1) is 15.1. The fourth-order valence-corrected chi connectivity index (χ4v) is 4.13. The molecule has 4 nitrogen and oxygen atoms in total. The number of halogens is 1. The molecule has 0 aromatic rings. The maximum absolute atomic E-state index is 12.4. The van der Waals surface area contributed by atoms with Crippen LogP contribution < -0.4 is 12.4 Å². The Bertz CT molecular complexity index is 423. The number of rotatable bonds is 23. The zero-order valence-electron chi connectivity index (χ0n) is 21.3. The van der Waals surface area contributed by atoms with Crippen molar-refractivity contribution in [2.75, 3.05) is 33.4 Å². The molecule has 0 aliphatic heterocycles. The molecule has 192 valence electrons. The molecule has 32 heavy (non-hydrogen) atoms. The second-order valence-corrected chi connectivity index (χ2v) is 9.43. The third kappa shape index (κ3) is 20.2. The fraction of sp³-hybridized carbons (Fsp3) is 0.889. The number of quaternary nitrogens is 1. The number of likely N-dealkylation sites (N-methyl/N-ethyl adjacent to an activating group) is 1. The number of carbonyl (C=O) groups excluding carboxylic acids is 1. The molecule has 0 saturated heterocycles. The van der Waals surface area contributed by atoms with Crippen LogP contribution in [0.1, 0.15) is 122 Å². The number of aliphatic hydroxyl groups is 2. The first-order valence-electron chi connectivity index (χ1n) is 13.4. The minimum Gasteiger partial charge on any atom is -1.00 e. The third-order valence-corrected chi connectivity index (χ3v) is 6.44. The van der Waals surface area contributed by atoms with E-state index in [-0.39, 0.29) is 36.0 Å². The highest BCUT2D eigenvalue weighted by Crippen LogP contribution is 2.14. The smallest absolute Gasteiger partial charge is 0.313 e. The molecule has 1 amide bonds. The maximum Gasteiger partial charge on any atom is 0.313 e. The Labute approximate surface area is 205 Å². The van der Waals surface area contributed by atoms with Gasteiger partial charge in [-0.1, -0.05) is 96.1 Å². The minimum absolute atomic E-state index is 0. The van der Waals surface area contributed by atoms with Gasteiger partial charge in [0.25, 0.3) is 0 Å². The number of aliphatic hydroxyl groups excluding tert-OH is 2. The lowest BCUT2D eigenvalue weighted by atomic mass is 10.0. The van der Waals surface area contributed by atoms with E-state index in [0.29, 0.717) is 19.5 Å². The topological polar surface area (TPSA) is 57.5 Å². The molecule has 0 atom stereocenters. The molecule has 0 aliphatic carbocycles. The highest BCUT2D eigenvalue weighted by molar-refractivity contribution is 5.68. The molecule has 0 saturated carbocycles. The molecule has 0 unspecified atom stereocenters. The van der Waals surface area contributed by atoms with Crippen molar-refractivity contribution in [2.45, 2.75) is 122 Å². The summed E-state index contributed by atoms with van der Waals surface area (Å²) in [6.07, 6.45) is 27.3. The van der Waals surface area contributed by atoms with E-state index in [1.807, 2.05) is 7.05 Å². The average molecular weight is 476 g/mol. The largest absolute Gasteiger partial charge is 1.00 e. The highest BCUT2D eigenvalue weighted by Gasteiger charge is 2.29. The van der Waals surface area contributed by atoms with Gasteiger partial charge in [0.2, 0.25) is 0 Å². The molecular formula is C27H54ClNO3. The molecular weight excluding hydrogens is 422 g/mol. The lowest BCUT2D eigenvalue weighted by Crippen LogP contribution is -3.00. The summed E-state index contributed by atoms with van der Waals surface area (Å²) >= 11 is 0. The van der Waals surface area contributed by atoms with Crippen molar-refractivity contribution in [1.29, 1.82) is 0 Å². The van der Waals surface area contributed by atoms with Gasteiger partial charge in [0.05, 0.1) is 26.7 Å². The summed E-state index contributed by atoms with van der Waals surface area (Å²) in [4.78, 5) is 12.4. The summed E-state index contributed by atoms with van der Waals surface area (Å²) in [5.41, 5.74) is 0. The van der Waals surface area contributed by atoms with Gasteiger partial charge < -0.3 is 22.6 Å². The van der Waals surface area contributed by atoms with Gasteiger partial charge in [-0.2, -0.15) is 0 Å². The Balaban J connectivity index is 0. The lowest BCUT2D eigenvalue weighted by Gasteiger charge is -2.30. The van der Waals surface area contributed by atoms with E-state index in [2.05, 4.69) is 19.1 Å². The van der Waals surface area contributed by atoms with Crippen LogP contribution in [0.3, 0.4) is 0 Å². The van der Waals surface area contributed by atoms with E-state index in [1.165, 1.54) is 96.3 Å². The van der Waals surface area contributed by atoms with E-state index >= 15 is 0 Å². The molecule has 0 rings (SSSR count). The molecule has 0 aromatic carbocycles. The van der Waals surface area contributed by atoms with Gasteiger partial charge in [-0.05, 0) is 32.1 Å². The Morgan fingerprint density at radius 3 is 1.44 bits per heavy atom. The van der Waals surface area contributed by atoms with Gasteiger partial charge in [-0.3, -0.25) is 4.48 Å². The van der Waals surface area contributed by atoms with E-state index in [1.54, 1.807) is 0 Å². The van der Waals surface area contributed by atoms with Gasteiger partial charge in [0.15, 0.2) is 0 Å². The Kier molecular flexibility index (Phi) is 26.6. The van der Waals surface area contributed by atoms with Gasteiger partial charge in [0.1, 0.15) is 13.1 Å². The van der Waals surface area contributed by atoms with Crippen molar-refractivity contribution in [3.8, 4) is 0 Å². The summed E-state index contributed by atoms with van der Waals surface area (Å²) in [7, 11) is 1.82. The summed E-state index contributed by atoms with van der Waals surface area (Å²) in [5.74, 6) is 0.143. The second-order valence-electron chi connectivity index (χ2n) is 9.43. The van der Waals surface area contributed by atoms with Gasteiger partial charge >= 0.3 is 5.91 Å². The van der Waals surface area contributed by atoms with Gasteiger partial charge in [0, 0.05) is 0 Å². The molecule has 0 aliphatic rings. The van der Waals surface area contributed by atoms with Crippen LogP contribution in [0.4, 0.5) is 0 Å². The van der Waals surface area contributed by atoms with Crippen LogP contribution in [-0.2, 0) is 4.79 Å². The normalized spacial score (nSPS) is 11.8. The predicted molar refractivity (Wildman–Crippen MR) is 133 cm³/mol. The average Bonchev–Trinajstić information content (AvgIpc) is 2.75. The van der Waals surface area contributed by atoms with Crippen LogP contribution >= 0.6 is 0 Å². The molecule has 5 heteroatoms. The number of unbranched alkanes of at least 4 members (excludes halogenated alkanes) is 15. The van der Waals surface area contributed by atoms with Crippen LogP contribution in [0.5, 0.6) is 0 Å². The monoisotopic (exact) mass is 475 g/mol. The highest BCUT2D eigenvalue weighted by atomic mass is 35.5. The quantitative estimate of drug-likeness (QED) is 0.135. The summed E-state index contributed by atoms with van der Waals surface area (Å²) < 4.78 is 0.154. The van der Waals surface area contributed by atoms with Crippen molar-refractivity contribution in [2.24, 2.45) is 0 Å². The number of hydrogen-bond acceptors (Lipinski definition) is 3. The number of carbonyl (C=O) groups is 1. The third-order valence-electron chi connectivity index (χ3n) is 6.44. The van der Waals surface area contributed by atoms with E-state index in [9.17, 15) is 4.79 Å². The SMILES string of the molecule is CCCCCCCCC=CCCCCCCCCCCCC(=O)[N+](C)(CCO)CCO.[Cl-]. The van der Waals surface area contributed by atoms with Crippen molar-refractivity contribution in [3.05, 3.63) is 12.2 Å². The van der Waals surface area contributed by atoms with Crippen molar-refractivity contribution in [1.82, 2.24) is 0 Å². The van der Waals surface area contributed by atoms with Crippen molar-refractivity contribution >= 4 is 5.91 Å². The zero-order chi connectivity index (χ0) is 23.0. The summed E-state index contributed by atoms with van der Waals surface area (Å²) in [6, 6.07) is 0. The van der Waals surface area contributed by atoms with Crippen LogP contribution in [0.2, 0.25) is 0 Å². The molecule has 0 aromatic heterocycles. The molecule has 0 radical (unpaired) electrons. The summed E-state index contributed by atoms with van der Waals surface area (Å²) in [5, 5.41) is 18.3. The second kappa shape index (κ2) is 25.2. The van der Waals surface area contributed by atoms with Crippen molar-refractivity contribution < 1.29 is 31.9 Å². The van der Waals surface area contributed by atoms with Crippen LogP contribution in [0.15, 0.2) is 12.2 Å². The molecule has 0 heterocycles.